The fraction of sp³-hybridized carbons (Fsp3) is 1.00. The zero-order valence-corrected chi connectivity index (χ0v) is 10.8. The maximum atomic E-state index is 5.64. The molecule has 1 aliphatic heterocycles. The summed E-state index contributed by atoms with van der Waals surface area (Å²) in [6.45, 7) is 6.68. The number of hydrogen-bond donors (Lipinski definition) is 1. The van der Waals surface area contributed by atoms with Gasteiger partial charge < -0.3 is 9.64 Å². The molecular formula is C12H25NOS. The molecule has 0 unspecified atom stereocenters. The predicted octanol–water partition coefficient (Wildman–Crippen LogP) is 2.59. The van der Waals surface area contributed by atoms with Gasteiger partial charge in [0.15, 0.2) is 0 Å². The van der Waals surface area contributed by atoms with E-state index in [0.717, 1.165) is 12.4 Å². The average Bonchev–Trinajstić information content (AvgIpc) is 2.27. The van der Waals surface area contributed by atoms with Crippen molar-refractivity contribution in [1.82, 2.24) is 4.90 Å². The van der Waals surface area contributed by atoms with Crippen LogP contribution in [0.25, 0.3) is 0 Å². The van der Waals surface area contributed by atoms with E-state index < -0.39 is 0 Å². The van der Waals surface area contributed by atoms with Crippen molar-refractivity contribution in [3.05, 3.63) is 0 Å². The molecule has 90 valence electrons. The van der Waals surface area contributed by atoms with E-state index in [0.29, 0.717) is 6.10 Å². The Morgan fingerprint density at radius 1 is 1.20 bits per heavy atom. The molecule has 0 aliphatic carbocycles. The molecule has 3 heteroatoms. The minimum atomic E-state index is 0.531. The quantitative estimate of drug-likeness (QED) is 0.534. The van der Waals surface area contributed by atoms with Crippen LogP contribution in [0.1, 0.15) is 39.0 Å². The van der Waals surface area contributed by atoms with Gasteiger partial charge in [-0.25, -0.2) is 0 Å². The zero-order valence-electron chi connectivity index (χ0n) is 9.95. The van der Waals surface area contributed by atoms with E-state index in [-0.39, 0.29) is 0 Å². The molecule has 15 heavy (non-hydrogen) atoms. The minimum absolute atomic E-state index is 0.531. The highest BCUT2D eigenvalue weighted by molar-refractivity contribution is 7.80. The van der Waals surface area contributed by atoms with Crippen LogP contribution in [0.4, 0.5) is 0 Å². The van der Waals surface area contributed by atoms with Crippen molar-refractivity contribution in [1.29, 1.82) is 0 Å². The van der Waals surface area contributed by atoms with E-state index in [1.807, 2.05) is 0 Å². The van der Waals surface area contributed by atoms with Crippen LogP contribution in [0.15, 0.2) is 0 Å². The molecule has 2 nitrogen and oxygen atoms in total. The second-order valence-corrected chi connectivity index (χ2v) is 4.73. The first-order valence-corrected chi connectivity index (χ1v) is 6.95. The molecule has 0 atom stereocenters. The summed E-state index contributed by atoms with van der Waals surface area (Å²) in [5, 5.41) is 0. The van der Waals surface area contributed by atoms with Crippen LogP contribution in [0.2, 0.25) is 0 Å². The average molecular weight is 231 g/mol. The molecule has 1 aliphatic rings. The topological polar surface area (TPSA) is 12.5 Å². The Morgan fingerprint density at radius 2 is 1.93 bits per heavy atom. The molecule has 1 heterocycles. The van der Waals surface area contributed by atoms with Crippen molar-refractivity contribution in [2.45, 2.75) is 45.1 Å². The summed E-state index contributed by atoms with van der Waals surface area (Å²) in [7, 11) is 0. The molecular weight excluding hydrogens is 206 g/mol. The first kappa shape index (κ1) is 13.3. The van der Waals surface area contributed by atoms with Crippen LogP contribution in [0.3, 0.4) is 0 Å². The summed E-state index contributed by atoms with van der Waals surface area (Å²) in [6.07, 6.45) is 6.90. The van der Waals surface area contributed by atoms with Gasteiger partial charge in [-0.3, -0.25) is 0 Å². The van der Waals surface area contributed by atoms with Crippen molar-refractivity contribution in [2.24, 2.45) is 0 Å². The van der Waals surface area contributed by atoms with Crippen molar-refractivity contribution < 1.29 is 4.74 Å². The highest BCUT2D eigenvalue weighted by atomic mass is 32.1. The molecule has 0 aromatic carbocycles. The third kappa shape index (κ3) is 5.79. The van der Waals surface area contributed by atoms with Crippen LogP contribution in [0.5, 0.6) is 0 Å². The summed E-state index contributed by atoms with van der Waals surface area (Å²) in [6, 6.07) is 0. The van der Waals surface area contributed by atoms with Gasteiger partial charge in [-0.1, -0.05) is 6.42 Å². The molecule has 0 N–H and O–H groups in total. The second-order valence-electron chi connectivity index (χ2n) is 4.28. The molecule has 0 aromatic heterocycles. The van der Waals surface area contributed by atoms with Crippen LogP contribution >= 0.6 is 12.6 Å². The smallest absolute Gasteiger partial charge is 0.0599 e. The Bertz CT molecular complexity index is 144. The normalized spacial score (nSPS) is 19.6. The SMILES string of the molecule is CCOC1CCN(CCCCCS)CC1. The monoisotopic (exact) mass is 231 g/mol. The number of likely N-dealkylation sites (tertiary alicyclic amines) is 1. The third-order valence-corrected chi connectivity index (χ3v) is 3.39. The summed E-state index contributed by atoms with van der Waals surface area (Å²) in [5.41, 5.74) is 0. The molecule has 1 saturated heterocycles. The number of hydrogen-bond acceptors (Lipinski definition) is 3. The van der Waals surface area contributed by atoms with Gasteiger partial charge in [-0.15, -0.1) is 0 Å². The van der Waals surface area contributed by atoms with Gasteiger partial charge in [-0.05, 0) is 44.9 Å². The van der Waals surface area contributed by atoms with E-state index >= 15 is 0 Å². The number of rotatable bonds is 7. The zero-order chi connectivity index (χ0) is 10.9. The van der Waals surface area contributed by atoms with E-state index in [1.165, 1.54) is 51.7 Å². The minimum Gasteiger partial charge on any atom is -0.378 e. The Labute approximate surface area is 99.8 Å². The highest BCUT2D eigenvalue weighted by Crippen LogP contribution is 2.14. The van der Waals surface area contributed by atoms with Gasteiger partial charge in [0.25, 0.3) is 0 Å². The fourth-order valence-electron chi connectivity index (χ4n) is 2.16. The molecule has 0 radical (unpaired) electrons. The lowest BCUT2D eigenvalue weighted by molar-refractivity contribution is 0.0140. The largest absolute Gasteiger partial charge is 0.378 e. The maximum Gasteiger partial charge on any atom is 0.0599 e. The van der Waals surface area contributed by atoms with Gasteiger partial charge in [0.2, 0.25) is 0 Å². The van der Waals surface area contributed by atoms with Crippen LogP contribution in [0, 0.1) is 0 Å². The van der Waals surface area contributed by atoms with E-state index in [4.69, 9.17) is 4.74 Å². The van der Waals surface area contributed by atoms with Crippen molar-refractivity contribution >= 4 is 12.6 Å². The Kier molecular flexibility index (Phi) is 7.49. The lowest BCUT2D eigenvalue weighted by Gasteiger charge is -2.31. The van der Waals surface area contributed by atoms with E-state index in [2.05, 4.69) is 24.5 Å². The Balaban J connectivity index is 1.99. The summed E-state index contributed by atoms with van der Waals surface area (Å²) >= 11 is 4.23. The number of nitrogens with zero attached hydrogens (tertiary/aromatic N) is 1. The van der Waals surface area contributed by atoms with Crippen molar-refractivity contribution in [3.8, 4) is 0 Å². The van der Waals surface area contributed by atoms with Crippen LogP contribution in [-0.4, -0.2) is 43.0 Å². The first-order valence-electron chi connectivity index (χ1n) is 6.31. The number of ether oxygens (including phenoxy) is 1. The lowest BCUT2D eigenvalue weighted by atomic mass is 10.1. The molecule has 0 spiro atoms. The van der Waals surface area contributed by atoms with Crippen LogP contribution < -0.4 is 0 Å². The predicted molar refractivity (Wildman–Crippen MR) is 68.8 cm³/mol. The molecule has 0 bridgehead atoms. The Hall–Kier alpha value is 0.270. The Morgan fingerprint density at radius 3 is 2.53 bits per heavy atom. The number of thiol groups is 1. The first-order chi connectivity index (χ1) is 7.36. The van der Waals surface area contributed by atoms with Crippen molar-refractivity contribution in [3.63, 3.8) is 0 Å². The van der Waals surface area contributed by atoms with Gasteiger partial charge in [0.1, 0.15) is 0 Å². The van der Waals surface area contributed by atoms with Gasteiger partial charge >= 0.3 is 0 Å². The molecule has 1 rings (SSSR count). The van der Waals surface area contributed by atoms with E-state index in [9.17, 15) is 0 Å². The summed E-state index contributed by atoms with van der Waals surface area (Å²) in [4.78, 5) is 2.58. The molecule has 0 aromatic rings. The lowest BCUT2D eigenvalue weighted by Crippen LogP contribution is -2.37. The van der Waals surface area contributed by atoms with Gasteiger partial charge in [-0.2, -0.15) is 12.6 Å². The number of unbranched alkanes of at least 4 members (excludes halogenated alkanes) is 2. The highest BCUT2D eigenvalue weighted by Gasteiger charge is 2.18. The van der Waals surface area contributed by atoms with E-state index in [1.54, 1.807) is 0 Å². The number of piperidine rings is 1. The van der Waals surface area contributed by atoms with Gasteiger partial charge in [0.05, 0.1) is 6.10 Å². The third-order valence-electron chi connectivity index (χ3n) is 3.07. The van der Waals surface area contributed by atoms with Gasteiger partial charge in [0, 0.05) is 19.7 Å². The maximum absolute atomic E-state index is 5.64. The fourth-order valence-corrected chi connectivity index (χ4v) is 2.38. The van der Waals surface area contributed by atoms with Crippen LogP contribution in [-0.2, 0) is 4.74 Å². The molecule has 0 amide bonds. The standard InChI is InChI=1S/C12H25NOS/c1-2-14-12-6-9-13(10-7-12)8-4-3-5-11-15/h12,15H,2-11H2,1H3. The second kappa shape index (κ2) is 8.43. The molecule has 1 fully saturated rings. The molecule has 0 saturated carbocycles. The summed E-state index contributed by atoms with van der Waals surface area (Å²) < 4.78 is 5.64. The summed E-state index contributed by atoms with van der Waals surface area (Å²) in [5.74, 6) is 1.03. The van der Waals surface area contributed by atoms with Crippen molar-refractivity contribution in [2.75, 3.05) is 32.0 Å².